The normalized spacial score (nSPS) is 44.8. The summed E-state index contributed by atoms with van der Waals surface area (Å²) >= 11 is 0. The van der Waals surface area contributed by atoms with E-state index in [1.54, 1.807) is 0 Å². The zero-order valence-electron chi connectivity index (χ0n) is 22.6. The number of rotatable bonds is 8. The van der Waals surface area contributed by atoms with Crippen LogP contribution in [0.5, 0.6) is 0 Å². The van der Waals surface area contributed by atoms with Crippen LogP contribution in [0.15, 0.2) is 0 Å². The van der Waals surface area contributed by atoms with E-state index in [0.29, 0.717) is 52.8 Å². The summed E-state index contributed by atoms with van der Waals surface area (Å²) in [6.07, 6.45) is 11.0. The van der Waals surface area contributed by atoms with Gasteiger partial charge in [0.05, 0.1) is 12.2 Å². The monoisotopic (exact) mass is 476 g/mol. The van der Waals surface area contributed by atoms with Crippen LogP contribution in [0.4, 0.5) is 0 Å². The molecule has 4 rings (SSSR count). The van der Waals surface area contributed by atoms with Crippen molar-refractivity contribution in [1.29, 1.82) is 0 Å². The largest absolute Gasteiger partial charge is 0.393 e. The fourth-order valence-electron chi connectivity index (χ4n) is 9.45. The summed E-state index contributed by atoms with van der Waals surface area (Å²) in [5, 5.41) is 24.8. The lowest BCUT2D eigenvalue weighted by molar-refractivity contribution is -0.174. The fourth-order valence-corrected chi connectivity index (χ4v) is 9.45. The van der Waals surface area contributed by atoms with Crippen molar-refractivity contribution in [2.24, 2.45) is 46.3 Å². The number of hydrogen-bond donors (Lipinski definition) is 3. The molecule has 0 aliphatic heterocycles. The molecule has 0 saturated heterocycles. The van der Waals surface area contributed by atoms with Crippen molar-refractivity contribution in [2.45, 2.75) is 104 Å². The Labute approximate surface area is 208 Å². The Morgan fingerprint density at radius 3 is 2.47 bits per heavy atom. The van der Waals surface area contributed by atoms with Crippen LogP contribution in [0.25, 0.3) is 0 Å². The molecule has 0 radical (unpaired) electrons. The molecular formula is C29H52N2O3. The maximum atomic E-state index is 12.4. The minimum absolute atomic E-state index is 0.169. The Morgan fingerprint density at radius 2 is 1.74 bits per heavy atom. The molecule has 34 heavy (non-hydrogen) atoms. The molecule has 3 N–H and O–H groups in total. The summed E-state index contributed by atoms with van der Waals surface area (Å²) in [6, 6.07) is 0. The third-order valence-electron chi connectivity index (χ3n) is 11.3. The van der Waals surface area contributed by atoms with Crippen molar-refractivity contribution in [3.8, 4) is 0 Å². The average molecular weight is 477 g/mol. The van der Waals surface area contributed by atoms with Crippen LogP contribution < -0.4 is 5.32 Å². The molecule has 5 heteroatoms. The van der Waals surface area contributed by atoms with E-state index in [2.05, 4.69) is 45.1 Å². The third kappa shape index (κ3) is 4.95. The summed E-state index contributed by atoms with van der Waals surface area (Å²) in [4.78, 5) is 14.6. The van der Waals surface area contributed by atoms with Gasteiger partial charge in [0.1, 0.15) is 0 Å². The standard InChI is InChI=1S/C29H52N2O3/c1-19(7-10-26(34)30-15-6-16-31(4)5)22-8-9-23-27-24(12-14-29(22,23)3)28(2)13-11-21(32)17-20(28)18-25(27)33/h19-25,27,32-33H,6-18H2,1-5H3,(H,30,34)/t19-,20+,21-,22-,23+,24+,25+,27+,28+,29-/m1/s1. The zero-order valence-corrected chi connectivity index (χ0v) is 22.6. The molecule has 10 atom stereocenters. The van der Waals surface area contributed by atoms with Crippen molar-refractivity contribution in [3.63, 3.8) is 0 Å². The predicted octanol–water partition coefficient (Wildman–Crippen LogP) is 4.46. The zero-order chi connectivity index (χ0) is 24.7. The van der Waals surface area contributed by atoms with Gasteiger partial charge in [0.15, 0.2) is 0 Å². The Morgan fingerprint density at radius 1 is 1.03 bits per heavy atom. The first-order chi connectivity index (χ1) is 16.1. The highest BCUT2D eigenvalue weighted by atomic mass is 16.3. The van der Waals surface area contributed by atoms with Crippen LogP contribution in [0.1, 0.15) is 91.4 Å². The minimum Gasteiger partial charge on any atom is -0.393 e. The molecule has 196 valence electrons. The van der Waals surface area contributed by atoms with Crippen LogP contribution in [0.3, 0.4) is 0 Å². The molecule has 4 aliphatic carbocycles. The number of nitrogens with one attached hydrogen (secondary N) is 1. The molecule has 0 unspecified atom stereocenters. The molecule has 5 nitrogen and oxygen atoms in total. The van der Waals surface area contributed by atoms with Gasteiger partial charge in [-0.2, -0.15) is 0 Å². The van der Waals surface area contributed by atoms with Crippen molar-refractivity contribution in [2.75, 3.05) is 27.2 Å². The second-order valence-electron chi connectivity index (χ2n) is 13.5. The van der Waals surface area contributed by atoms with Gasteiger partial charge in [-0.3, -0.25) is 4.79 Å². The van der Waals surface area contributed by atoms with Crippen molar-refractivity contribution >= 4 is 5.91 Å². The lowest BCUT2D eigenvalue weighted by Gasteiger charge is -2.62. The number of nitrogens with zero attached hydrogens (tertiary/aromatic N) is 1. The topological polar surface area (TPSA) is 72.8 Å². The van der Waals surface area contributed by atoms with Crippen molar-refractivity contribution in [1.82, 2.24) is 10.2 Å². The van der Waals surface area contributed by atoms with Gasteiger partial charge in [-0.25, -0.2) is 0 Å². The van der Waals surface area contributed by atoms with E-state index in [1.165, 1.54) is 25.7 Å². The van der Waals surface area contributed by atoms with E-state index in [0.717, 1.165) is 51.6 Å². The first-order valence-corrected chi connectivity index (χ1v) is 14.3. The summed E-state index contributed by atoms with van der Waals surface area (Å²) in [5.41, 5.74) is 0.583. The van der Waals surface area contributed by atoms with Gasteiger partial charge < -0.3 is 20.4 Å². The summed E-state index contributed by atoms with van der Waals surface area (Å²) in [5.74, 6) is 3.53. The number of amides is 1. The van der Waals surface area contributed by atoms with E-state index in [1.807, 2.05) is 0 Å². The smallest absolute Gasteiger partial charge is 0.220 e. The first kappa shape index (κ1) is 26.4. The second-order valence-corrected chi connectivity index (χ2v) is 13.5. The molecule has 4 saturated carbocycles. The van der Waals surface area contributed by atoms with E-state index in [-0.39, 0.29) is 18.1 Å². The summed E-state index contributed by atoms with van der Waals surface area (Å²) in [6.45, 7) is 9.16. The fraction of sp³-hybridized carbons (Fsp3) is 0.966. The Hall–Kier alpha value is -0.650. The highest BCUT2D eigenvalue weighted by Crippen LogP contribution is 2.68. The van der Waals surface area contributed by atoms with Gasteiger partial charge in [0.25, 0.3) is 0 Å². The molecule has 0 bridgehead atoms. The number of hydrogen-bond acceptors (Lipinski definition) is 4. The van der Waals surface area contributed by atoms with Crippen LogP contribution in [-0.4, -0.2) is 60.4 Å². The summed E-state index contributed by atoms with van der Waals surface area (Å²) < 4.78 is 0. The Balaban J connectivity index is 1.36. The molecule has 0 heterocycles. The molecule has 4 aliphatic rings. The predicted molar refractivity (Wildman–Crippen MR) is 137 cm³/mol. The average Bonchev–Trinajstić information content (AvgIpc) is 3.13. The second kappa shape index (κ2) is 10.4. The molecule has 4 fully saturated rings. The van der Waals surface area contributed by atoms with Gasteiger partial charge in [0, 0.05) is 13.0 Å². The maximum absolute atomic E-state index is 12.4. The van der Waals surface area contributed by atoms with Crippen molar-refractivity contribution in [3.05, 3.63) is 0 Å². The molecular weight excluding hydrogens is 424 g/mol. The minimum atomic E-state index is -0.208. The van der Waals surface area contributed by atoms with Crippen molar-refractivity contribution < 1.29 is 15.0 Å². The van der Waals surface area contributed by atoms with Crippen LogP contribution >= 0.6 is 0 Å². The van der Waals surface area contributed by atoms with Gasteiger partial charge in [-0.05, 0) is 131 Å². The lowest BCUT2D eigenvalue weighted by atomic mass is 9.43. The lowest BCUT2D eigenvalue weighted by Crippen LogP contribution is -2.58. The van der Waals surface area contributed by atoms with Crippen LogP contribution in [0.2, 0.25) is 0 Å². The molecule has 0 aromatic carbocycles. The van der Waals surface area contributed by atoms with Gasteiger partial charge in [-0.1, -0.05) is 20.8 Å². The maximum Gasteiger partial charge on any atom is 0.220 e. The van der Waals surface area contributed by atoms with Gasteiger partial charge >= 0.3 is 0 Å². The van der Waals surface area contributed by atoms with Gasteiger partial charge in [-0.15, -0.1) is 0 Å². The number of aliphatic hydroxyl groups excluding tert-OH is 2. The van der Waals surface area contributed by atoms with E-state index in [4.69, 9.17) is 0 Å². The van der Waals surface area contributed by atoms with E-state index >= 15 is 0 Å². The molecule has 0 aromatic heterocycles. The Bertz CT molecular complexity index is 713. The number of fused-ring (bicyclic) bond motifs is 5. The first-order valence-electron chi connectivity index (χ1n) is 14.3. The molecule has 0 aromatic rings. The number of carbonyl (C=O) groups excluding carboxylic acids is 1. The van der Waals surface area contributed by atoms with Crippen LogP contribution in [0, 0.1) is 46.3 Å². The number of aliphatic hydroxyl groups is 2. The Kier molecular flexibility index (Phi) is 8.06. The third-order valence-corrected chi connectivity index (χ3v) is 11.3. The molecule has 1 amide bonds. The number of carbonyl (C=O) groups is 1. The van der Waals surface area contributed by atoms with E-state index in [9.17, 15) is 15.0 Å². The van der Waals surface area contributed by atoms with E-state index < -0.39 is 0 Å². The van der Waals surface area contributed by atoms with Gasteiger partial charge in [0.2, 0.25) is 5.91 Å². The van der Waals surface area contributed by atoms with Crippen LogP contribution in [-0.2, 0) is 4.79 Å². The highest BCUT2D eigenvalue weighted by Gasteiger charge is 2.62. The SMILES string of the molecule is C[C@H](CCC(=O)NCCCN(C)C)[C@H]1CC[C@H]2[C@@H]3[C@@H](O)C[C@@H]4C[C@H](O)CC[C@]4(C)[C@H]3CC[C@]12C. The highest BCUT2D eigenvalue weighted by molar-refractivity contribution is 5.75. The quantitative estimate of drug-likeness (QED) is 0.452. The summed E-state index contributed by atoms with van der Waals surface area (Å²) in [7, 11) is 4.13. The molecule has 0 spiro atoms.